The molecule has 0 aromatic heterocycles. The van der Waals surface area contributed by atoms with Crippen LogP contribution >= 0.6 is 0 Å². The van der Waals surface area contributed by atoms with Crippen molar-refractivity contribution in [3.63, 3.8) is 0 Å². The van der Waals surface area contributed by atoms with Crippen molar-refractivity contribution in [1.82, 2.24) is 10.6 Å². The minimum absolute atomic E-state index is 0.215. The minimum Gasteiger partial charge on any atom is -0.356 e. The highest BCUT2D eigenvalue weighted by molar-refractivity contribution is 5.95. The van der Waals surface area contributed by atoms with Crippen LogP contribution in [0.1, 0.15) is 45.1 Å². The van der Waals surface area contributed by atoms with Gasteiger partial charge in [-0.2, -0.15) is 0 Å². The molecular formula is C20H32N4O. The Hall–Kier alpha value is -2.04. The minimum atomic E-state index is 0.215. The van der Waals surface area contributed by atoms with Crippen LogP contribution in [0, 0.1) is 5.92 Å². The average Bonchev–Trinajstić information content (AvgIpc) is 3.08. The van der Waals surface area contributed by atoms with Crippen LogP contribution in [0.25, 0.3) is 0 Å². The first-order valence-electron chi connectivity index (χ1n) is 9.52. The Morgan fingerprint density at radius 3 is 2.72 bits per heavy atom. The highest BCUT2D eigenvalue weighted by Crippen LogP contribution is 2.27. The van der Waals surface area contributed by atoms with Gasteiger partial charge in [0.15, 0.2) is 5.96 Å². The molecule has 0 fully saturated rings. The van der Waals surface area contributed by atoms with Gasteiger partial charge in [0, 0.05) is 38.8 Å². The van der Waals surface area contributed by atoms with Gasteiger partial charge in [-0.15, -0.1) is 0 Å². The van der Waals surface area contributed by atoms with Gasteiger partial charge in [-0.05, 0) is 30.4 Å². The van der Waals surface area contributed by atoms with Gasteiger partial charge in [-0.25, -0.2) is 0 Å². The first-order chi connectivity index (χ1) is 12.2. The highest BCUT2D eigenvalue weighted by Gasteiger charge is 2.23. The number of carbonyl (C=O) groups excluding carboxylic acids is 1. The van der Waals surface area contributed by atoms with Crippen LogP contribution in [0.15, 0.2) is 29.3 Å². The summed E-state index contributed by atoms with van der Waals surface area (Å²) in [5.41, 5.74) is 2.36. The fourth-order valence-corrected chi connectivity index (χ4v) is 3.22. The molecule has 0 atom stereocenters. The van der Waals surface area contributed by atoms with Gasteiger partial charge in [0.1, 0.15) is 0 Å². The number of fused-ring (bicyclic) bond motifs is 1. The van der Waals surface area contributed by atoms with Crippen molar-refractivity contribution in [1.29, 1.82) is 0 Å². The van der Waals surface area contributed by atoms with Crippen LogP contribution in [-0.2, 0) is 11.2 Å². The quantitative estimate of drug-likeness (QED) is 0.433. The van der Waals surface area contributed by atoms with E-state index in [0.29, 0.717) is 12.3 Å². The number of hydrogen-bond acceptors (Lipinski definition) is 2. The van der Waals surface area contributed by atoms with E-state index in [1.165, 1.54) is 18.4 Å². The van der Waals surface area contributed by atoms with E-state index in [1.807, 2.05) is 23.1 Å². The Balaban J connectivity index is 1.69. The molecule has 138 valence electrons. The first kappa shape index (κ1) is 19.3. The van der Waals surface area contributed by atoms with E-state index in [9.17, 15) is 4.79 Å². The number of carbonyl (C=O) groups is 1. The number of guanidine groups is 1. The monoisotopic (exact) mass is 344 g/mol. The number of para-hydroxylation sites is 1. The van der Waals surface area contributed by atoms with E-state index in [-0.39, 0.29) is 5.91 Å². The Labute approximate surface area is 151 Å². The number of anilines is 1. The number of nitrogens with zero attached hydrogens (tertiary/aromatic N) is 2. The topological polar surface area (TPSA) is 56.7 Å². The zero-order valence-electron chi connectivity index (χ0n) is 15.8. The van der Waals surface area contributed by atoms with Gasteiger partial charge in [0.05, 0.1) is 0 Å². The van der Waals surface area contributed by atoms with Gasteiger partial charge in [-0.3, -0.25) is 9.79 Å². The molecule has 1 aromatic rings. The summed E-state index contributed by atoms with van der Waals surface area (Å²) < 4.78 is 0. The van der Waals surface area contributed by atoms with Gasteiger partial charge in [0.25, 0.3) is 0 Å². The molecule has 1 amide bonds. The predicted octanol–water partition coefficient (Wildman–Crippen LogP) is 2.96. The van der Waals surface area contributed by atoms with Crippen molar-refractivity contribution < 1.29 is 4.79 Å². The van der Waals surface area contributed by atoms with Gasteiger partial charge < -0.3 is 15.5 Å². The number of aliphatic imine (C=N–C) groups is 1. The van der Waals surface area contributed by atoms with Gasteiger partial charge >= 0.3 is 0 Å². The van der Waals surface area contributed by atoms with Crippen LogP contribution in [0.2, 0.25) is 0 Å². The van der Waals surface area contributed by atoms with Gasteiger partial charge in [-0.1, -0.05) is 44.9 Å². The summed E-state index contributed by atoms with van der Waals surface area (Å²) in [6.07, 6.45) is 4.68. The third-order valence-corrected chi connectivity index (χ3v) is 4.98. The lowest BCUT2D eigenvalue weighted by atomic mass is 10.0. The molecule has 0 bridgehead atoms. The summed E-state index contributed by atoms with van der Waals surface area (Å²) in [5.74, 6) is 1.72. The molecule has 0 spiro atoms. The maximum Gasteiger partial charge on any atom is 0.227 e. The Bertz CT molecular complexity index is 581. The summed E-state index contributed by atoms with van der Waals surface area (Å²) in [7, 11) is 1.79. The molecule has 1 aliphatic heterocycles. The lowest BCUT2D eigenvalue weighted by Crippen LogP contribution is -2.40. The molecule has 5 heteroatoms. The lowest BCUT2D eigenvalue weighted by Gasteiger charge is -2.18. The average molecular weight is 345 g/mol. The second kappa shape index (κ2) is 10.1. The predicted molar refractivity (Wildman–Crippen MR) is 105 cm³/mol. The molecule has 25 heavy (non-hydrogen) atoms. The van der Waals surface area contributed by atoms with E-state index in [4.69, 9.17) is 0 Å². The molecule has 0 aliphatic carbocycles. The summed E-state index contributed by atoms with van der Waals surface area (Å²) in [6.45, 7) is 6.94. The van der Waals surface area contributed by atoms with Crippen molar-refractivity contribution in [3.8, 4) is 0 Å². The van der Waals surface area contributed by atoms with Crippen LogP contribution < -0.4 is 15.5 Å². The van der Waals surface area contributed by atoms with Crippen molar-refractivity contribution in [2.24, 2.45) is 10.9 Å². The fraction of sp³-hybridized carbons (Fsp3) is 0.600. The molecule has 1 heterocycles. The van der Waals surface area contributed by atoms with E-state index in [2.05, 4.69) is 35.5 Å². The number of amides is 1. The summed E-state index contributed by atoms with van der Waals surface area (Å²) >= 11 is 0. The van der Waals surface area contributed by atoms with Crippen molar-refractivity contribution in [2.75, 3.05) is 31.6 Å². The number of nitrogens with one attached hydrogen (secondary N) is 2. The van der Waals surface area contributed by atoms with Gasteiger partial charge in [0.2, 0.25) is 5.91 Å². The first-order valence-corrected chi connectivity index (χ1v) is 9.52. The lowest BCUT2D eigenvalue weighted by molar-refractivity contribution is -0.118. The van der Waals surface area contributed by atoms with Crippen molar-refractivity contribution in [2.45, 2.75) is 46.0 Å². The standard InChI is InChI=1S/C20H32N4O/c1-4-16(5-2)15-23-20(21-3)22-13-8-11-19(25)24-14-12-17-9-6-7-10-18(17)24/h6-7,9-10,16H,4-5,8,11-15H2,1-3H3,(H2,21,22,23). The zero-order valence-corrected chi connectivity index (χ0v) is 15.8. The third kappa shape index (κ3) is 5.48. The summed E-state index contributed by atoms with van der Waals surface area (Å²) in [4.78, 5) is 18.6. The van der Waals surface area contributed by atoms with E-state index >= 15 is 0 Å². The van der Waals surface area contributed by atoms with E-state index < -0.39 is 0 Å². The molecule has 1 aliphatic rings. The van der Waals surface area contributed by atoms with Crippen LogP contribution in [0.3, 0.4) is 0 Å². The van der Waals surface area contributed by atoms with Crippen LogP contribution in [0.4, 0.5) is 5.69 Å². The Kier molecular flexibility index (Phi) is 7.76. The second-order valence-corrected chi connectivity index (χ2v) is 6.59. The second-order valence-electron chi connectivity index (χ2n) is 6.59. The number of hydrogen-bond donors (Lipinski definition) is 2. The molecule has 2 N–H and O–H groups in total. The smallest absolute Gasteiger partial charge is 0.227 e. The molecule has 0 saturated carbocycles. The normalized spacial score (nSPS) is 13.9. The highest BCUT2D eigenvalue weighted by atomic mass is 16.2. The SMILES string of the molecule is CCC(CC)CNC(=NC)NCCCC(=O)N1CCc2ccccc21. The summed E-state index contributed by atoms with van der Waals surface area (Å²) in [5, 5.41) is 6.68. The Morgan fingerprint density at radius 2 is 2.00 bits per heavy atom. The summed E-state index contributed by atoms with van der Waals surface area (Å²) in [6, 6.07) is 8.19. The number of benzene rings is 1. The third-order valence-electron chi connectivity index (χ3n) is 4.98. The van der Waals surface area contributed by atoms with E-state index in [1.54, 1.807) is 7.05 Å². The van der Waals surface area contributed by atoms with Crippen LogP contribution in [0.5, 0.6) is 0 Å². The number of rotatable bonds is 8. The molecule has 0 unspecified atom stereocenters. The molecule has 0 radical (unpaired) electrons. The Morgan fingerprint density at radius 1 is 1.24 bits per heavy atom. The zero-order chi connectivity index (χ0) is 18.1. The molecule has 0 saturated heterocycles. The molecular weight excluding hydrogens is 312 g/mol. The maximum absolute atomic E-state index is 12.5. The van der Waals surface area contributed by atoms with Crippen molar-refractivity contribution >= 4 is 17.6 Å². The maximum atomic E-state index is 12.5. The molecule has 2 rings (SSSR count). The van der Waals surface area contributed by atoms with E-state index in [0.717, 1.165) is 44.1 Å². The molecule has 1 aromatic carbocycles. The molecule has 5 nitrogen and oxygen atoms in total. The fourth-order valence-electron chi connectivity index (χ4n) is 3.22. The largest absolute Gasteiger partial charge is 0.356 e. The van der Waals surface area contributed by atoms with Crippen molar-refractivity contribution in [3.05, 3.63) is 29.8 Å². The van der Waals surface area contributed by atoms with Crippen LogP contribution in [-0.4, -0.2) is 38.5 Å².